The maximum Gasteiger partial charge on any atom is 0.432 e. The van der Waals surface area contributed by atoms with Crippen molar-refractivity contribution in [2.45, 2.75) is 24.9 Å². The van der Waals surface area contributed by atoms with Gasteiger partial charge in [0.05, 0.1) is 0 Å². The molecule has 7 heteroatoms. The molecule has 1 aromatic carbocycles. The van der Waals surface area contributed by atoms with E-state index in [2.05, 4.69) is 5.32 Å². The predicted octanol–water partition coefficient (Wildman–Crippen LogP) is 4.51. The number of anilines is 1. The molecule has 0 saturated carbocycles. The Bertz CT molecular complexity index is 568. The van der Waals surface area contributed by atoms with Crippen molar-refractivity contribution >= 4 is 28.9 Å². The quantitative estimate of drug-likeness (QED) is 0.461. The highest BCUT2D eigenvalue weighted by Crippen LogP contribution is 2.26. The highest BCUT2D eigenvalue weighted by atomic mass is 32.2. The summed E-state index contributed by atoms with van der Waals surface area (Å²) in [4.78, 5) is 12.2. The SMILES string of the molecule is CCSc1cc(N/C=C\C(=N)C(F)(F)F)ccc1C(C)=O. The van der Waals surface area contributed by atoms with Gasteiger partial charge in [-0.3, -0.25) is 10.2 Å². The number of carbonyl (C=O) groups excluding carboxylic acids is 1. The van der Waals surface area contributed by atoms with Crippen LogP contribution in [0.1, 0.15) is 24.2 Å². The van der Waals surface area contributed by atoms with Crippen LogP contribution in [0.25, 0.3) is 0 Å². The average molecular weight is 316 g/mol. The summed E-state index contributed by atoms with van der Waals surface area (Å²) in [6.45, 7) is 3.41. The van der Waals surface area contributed by atoms with E-state index in [0.29, 0.717) is 17.3 Å². The van der Waals surface area contributed by atoms with E-state index in [0.717, 1.165) is 16.8 Å². The molecule has 114 valence electrons. The van der Waals surface area contributed by atoms with Crippen molar-refractivity contribution in [2.24, 2.45) is 0 Å². The number of carbonyl (C=O) groups is 1. The van der Waals surface area contributed by atoms with E-state index in [1.807, 2.05) is 6.92 Å². The van der Waals surface area contributed by atoms with E-state index in [4.69, 9.17) is 5.41 Å². The number of hydrogen-bond donors (Lipinski definition) is 2. The predicted molar refractivity (Wildman–Crippen MR) is 79.4 cm³/mol. The van der Waals surface area contributed by atoms with Crippen LogP contribution in [-0.4, -0.2) is 23.4 Å². The summed E-state index contributed by atoms with van der Waals surface area (Å²) in [5.41, 5.74) is -0.292. The van der Waals surface area contributed by atoms with Gasteiger partial charge in [-0.1, -0.05) is 6.92 Å². The fraction of sp³-hybridized carbons (Fsp3) is 0.286. The van der Waals surface area contributed by atoms with Crippen LogP contribution in [0, 0.1) is 5.41 Å². The second-order valence-electron chi connectivity index (χ2n) is 4.09. The first-order valence-corrected chi connectivity index (χ1v) is 7.11. The van der Waals surface area contributed by atoms with E-state index in [-0.39, 0.29) is 5.78 Å². The second kappa shape index (κ2) is 7.31. The van der Waals surface area contributed by atoms with Crippen molar-refractivity contribution in [2.75, 3.05) is 11.1 Å². The molecule has 0 unspecified atom stereocenters. The first-order valence-electron chi connectivity index (χ1n) is 6.12. The van der Waals surface area contributed by atoms with Crippen LogP contribution in [0.2, 0.25) is 0 Å². The van der Waals surface area contributed by atoms with Gasteiger partial charge in [-0.05, 0) is 37.0 Å². The molecule has 21 heavy (non-hydrogen) atoms. The van der Waals surface area contributed by atoms with Gasteiger partial charge in [-0.15, -0.1) is 11.8 Å². The topological polar surface area (TPSA) is 53.0 Å². The zero-order chi connectivity index (χ0) is 16.0. The molecule has 0 aliphatic heterocycles. The molecule has 1 aromatic rings. The van der Waals surface area contributed by atoms with Crippen molar-refractivity contribution in [1.29, 1.82) is 5.41 Å². The standard InChI is InChI=1S/C14H15F3N2OS/c1-3-21-12-8-10(4-5-11(12)9(2)20)19-7-6-13(18)14(15,16)17/h4-8,18-19H,3H2,1-2H3/b7-6-,18-13?. The molecule has 0 bridgehead atoms. The first kappa shape index (κ1) is 17.3. The number of thioether (sulfide) groups is 1. The summed E-state index contributed by atoms with van der Waals surface area (Å²) >= 11 is 1.48. The van der Waals surface area contributed by atoms with Gasteiger partial charge >= 0.3 is 6.18 Å². The van der Waals surface area contributed by atoms with Gasteiger partial charge in [0.15, 0.2) is 5.78 Å². The number of halogens is 3. The number of allylic oxidation sites excluding steroid dienone is 1. The third kappa shape index (κ3) is 5.26. The molecule has 3 nitrogen and oxygen atoms in total. The third-order valence-corrected chi connectivity index (χ3v) is 3.40. The van der Waals surface area contributed by atoms with E-state index >= 15 is 0 Å². The lowest BCUT2D eigenvalue weighted by atomic mass is 10.1. The van der Waals surface area contributed by atoms with Crippen LogP contribution in [0.4, 0.5) is 18.9 Å². The summed E-state index contributed by atoms with van der Waals surface area (Å²) in [7, 11) is 0. The molecule has 0 aromatic heterocycles. The molecule has 0 radical (unpaired) electrons. The Balaban J connectivity index is 2.86. The number of ketones is 1. The van der Waals surface area contributed by atoms with Crippen molar-refractivity contribution in [3.63, 3.8) is 0 Å². The normalized spacial score (nSPS) is 11.7. The fourth-order valence-electron chi connectivity index (χ4n) is 1.49. The number of benzene rings is 1. The van der Waals surface area contributed by atoms with Gasteiger partial charge in [-0.25, -0.2) is 0 Å². The van der Waals surface area contributed by atoms with Crippen molar-refractivity contribution in [3.05, 3.63) is 36.0 Å². The minimum atomic E-state index is -4.65. The Morgan fingerprint density at radius 2 is 2.10 bits per heavy atom. The van der Waals surface area contributed by atoms with Crippen LogP contribution < -0.4 is 5.32 Å². The molecule has 0 heterocycles. The summed E-state index contributed by atoms with van der Waals surface area (Å²) in [5.74, 6) is 0.713. The molecule has 0 spiro atoms. The molecular formula is C14H15F3N2OS. The van der Waals surface area contributed by atoms with Crippen LogP contribution in [0.15, 0.2) is 35.4 Å². The van der Waals surface area contributed by atoms with Gasteiger partial charge in [0.25, 0.3) is 0 Å². The Morgan fingerprint density at radius 3 is 2.62 bits per heavy atom. The van der Waals surface area contributed by atoms with Crippen LogP contribution in [-0.2, 0) is 0 Å². The van der Waals surface area contributed by atoms with Gasteiger partial charge in [0.1, 0.15) is 5.71 Å². The summed E-state index contributed by atoms with van der Waals surface area (Å²) in [6, 6.07) is 4.94. The van der Waals surface area contributed by atoms with Gasteiger partial charge in [0.2, 0.25) is 0 Å². The van der Waals surface area contributed by atoms with E-state index in [1.54, 1.807) is 18.2 Å². The first-order chi connectivity index (χ1) is 9.75. The van der Waals surface area contributed by atoms with Gasteiger partial charge in [-0.2, -0.15) is 13.2 Å². The number of rotatable bonds is 6. The number of alkyl halides is 3. The summed E-state index contributed by atoms with van der Waals surface area (Å²) < 4.78 is 36.4. The van der Waals surface area contributed by atoms with E-state index < -0.39 is 11.9 Å². The minimum Gasteiger partial charge on any atom is -0.362 e. The minimum absolute atomic E-state index is 0.0631. The molecule has 0 saturated heterocycles. The lowest BCUT2D eigenvalue weighted by Gasteiger charge is -2.09. The maximum atomic E-state index is 12.1. The number of hydrogen-bond acceptors (Lipinski definition) is 4. The average Bonchev–Trinajstić information content (AvgIpc) is 2.37. The van der Waals surface area contributed by atoms with Crippen molar-refractivity contribution < 1.29 is 18.0 Å². The van der Waals surface area contributed by atoms with E-state index in [1.165, 1.54) is 18.7 Å². The molecule has 0 aliphatic carbocycles. The Morgan fingerprint density at radius 1 is 1.43 bits per heavy atom. The molecule has 0 atom stereocenters. The molecule has 2 N–H and O–H groups in total. The van der Waals surface area contributed by atoms with Crippen molar-refractivity contribution in [1.82, 2.24) is 0 Å². The number of nitrogens with one attached hydrogen (secondary N) is 2. The van der Waals surface area contributed by atoms with Gasteiger partial charge in [0, 0.05) is 22.3 Å². The summed E-state index contributed by atoms with van der Waals surface area (Å²) in [6.07, 6.45) is -2.95. The Labute approximate surface area is 125 Å². The largest absolute Gasteiger partial charge is 0.432 e. The molecular weight excluding hydrogens is 301 g/mol. The van der Waals surface area contributed by atoms with Crippen LogP contribution >= 0.6 is 11.8 Å². The van der Waals surface area contributed by atoms with Crippen LogP contribution in [0.3, 0.4) is 0 Å². The highest BCUT2D eigenvalue weighted by Gasteiger charge is 2.32. The van der Waals surface area contributed by atoms with Gasteiger partial charge < -0.3 is 5.32 Å². The smallest absolute Gasteiger partial charge is 0.362 e. The summed E-state index contributed by atoms with van der Waals surface area (Å²) in [5, 5.41) is 9.47. The molecule has 0 amide bonds. The highest BCUT2D eigenvalue weighted by molar-refractivity contribution is 7.99. The fourth-order valence-corrected chi connectivity index (χ4v) is 2.38. The zero-order valence-corrected chi connectivity index (χ0v) is 12.4. The van der Waals surface area contributed by atoms with Crippen LogP contribution in [0.5, 0.6) is 0 Å². The Hall–Kier alpha value is -1.76. The maximum absolute atomic E-state index is 12.1. The second-order valence-corrected chi connectivity index (χ2v) is 5.40. The zero-order valence-electron chi connectivity index (χ0n) is 11.5. The van der Waals surface area contributed by atoms with E-state index in [9.17, 15) is 18.0 Å². The third-order valence-electron chi connectivity index (χ3n) is 2.47. The Kier molecular flexibility index (Phi) is 6.02. The molecule has 0 fully saturated rings. The number of Topliss-reactive ketones (excluding diaryl/α,β-unsaturated/α-hetero) is 1. The monoisotopic (exact) mass is 316 g/mol. The van der Waals surface area contributed by atoms with Crippen molar-refractivity contribution in [3.8, 4) is 0 Å². The molecule has 1 rings (SSSR count). The molecule has 0 aliphatic rings. The lowest BCUT2D eigenvalue weighted by Crippen LogP contribution is -2.19. The lowest BCUT2D eigenvalue weighted by molar-refractivity contribution is -0.0584.